The van der Waals surface area contributed by atoms with E-state index in [9.17, 15) is 0 Å². The molecule has 13 heavy (non-hydrogen) atoms. The predicted molar refractivity (Wildman–Crippen MR) is 59.3 cm³/mol. The molecule has 0 aliphatic carbocycles. The van der Waals surface area contributed by atoms with Crippen molar-refractivity contribution in [1.82, 2.24) is 0 Å². The van der Waals surface area contributed by atoms with Crippen molar-refractivity contribution in [2.45, 2.75) is 20.0 Å². The fourth-order valence-corrected chi connectivity index (χ4v) is 1.77. The summed E-state index contributed by atoms with van der Waals surface area (Å²) in [7, 11) is 0. The number of rotatable bonds is 4. The van der Waals surface area contributed by atoms with Crippen molar-refractivity contribution in [2.24, 2.45) is 0 Å². The molecule has 0 heterocycles. The summed E-state index contributed by atoms with van der Waals surface area (Å²) in [6, 6.07) is 8.47. The topological polar surface area (TPSA) is 9.23 Å². The lowest BCUT2D eigenvalue weighted by Crippen LogP contribution is -2.05. The van der Waals surface area contributed by atoms with E-state index in [1.54, 1.807) is 0 Å². The van der Waals surface area contributed by atoms with Gasteiger partial charge in [-0.25, -0.2) is 0 Å². The molecular weight excluding hydrogens is 228 g/mol. The minimum Gasteiger partial charge on any atom is -0.373 e. The molecule has 1 unspecified atom stereocenters. The van der Waals surface area contributed by atoms with E-state index in [1.165, 1.54) is 11.1 Å². The van der Waals surface area contributed by atoms with Crippen LogP contribution in [0.4, 0.5) is 0 Å². The van der Waals surface area contributed by atoms with E-state index in [1.807, 2.05) is 6.92 Å². The van der Waals surface area contributed by atoms with E-state index < -0.39 is 0 Å². The van der Waals surface area contributed by atoms with Crippen LogP contribution in [0.5, 0.6) is 0 Å². The number of hydrogen-bond acceptors (Lipinski definition) is 1. The lowest BCUT2D eigenvalue weighted by Gasteiger charge is -2.14. The van der Waals surface area contributed by atoms with Gasteiger partial charge >= 0.3 is 0 Å². The highest BCUT2D eigenvalue weighted by Crippen LogP contribution is 2.19. The quantitative estimate of drug-likeness (QED) is 0.736. The van der Waals surface area contributed by atoms with E-state index in [-0.39, 0.29) is 6.10 Å². The van der Waals surface area contributed by atoms with Crippen LogP contribution < -0.4 is 0 Å². The van der Waals surface area contributed by atoms with Gasteiger partial charge in [0.15, 0.2) is 0 Å². The zero-order valence-electron chi connectivity index (χ0n) is 8.09. The SMILES string of the molecule is CCOC(CBr)c1ccc(C)cc1. The second-order valence-corrected chi connectivity index (χ2v) is 3.66. The molecule has 1 aromatic carbocycles. The first-order valence-corrected chi connectivity index (χ1v) is 5.64. The van der Waals surface area contributed by atoms with Crippen LogP contribution in [0, 0.1) is 6.92 Å². The lowest BCUT2D eigenvalue weighted by molar-refractivity contribution is 0.0807. The van der Waals surface area contributed by atoms with Crippen LogP contribution in [-0.4, -0.2) is 11.9 Å². The molecule has 1 nitrogen and oxygen atoms in total. The third kappa shape index (κ3) is 3.12. The van der Waals surface area contributed by atoms with Gasteiger partial charge in [-0.2, -0.15) is 0 Å². The number of ether oxygens (including phenoxy) is 1. The van der Waals surface area contributed by atoms with Gasteiger partial charge in [-0.05, 0) is 19.4 Å². The number of benzene rings is 1. The highest BCUT2D eigenvalue weighted by Gasteiger charge is 2.08. The molecule has 2 heteroatoms. The standard InChI is InChI=1S/C11H15BrO/c1-3-13-11(8-12)10-6-4-9(2)5-7-10/h4-7,11H,3,8H2,1-2H3. The number of alkyl halides is 1. The lowest BCUT2D eigenvalue weighted by atomic mass is 10.1. The third-order valence-corrected chi connectivity index (χ3v) is 2.55. The van der Waals surface area contributed by atoms with Crippen LogP contribution in [0.3, 0.4) is 0 Å². The average molecular weight is 243 g/mol. The maximum Gasteiger partial charge on any atom is 0.0921 e. The summed E-state index contributed by atoms with van der Waals surface area (Å²) in [5, 5.41) is 0.851. The number of hydrogen-bond donors (Lipinski definition) is 0. The van der Waals surface area contributed by atoms with Gasteiger partial charge in [0.2, 0.25) is 0 Å². The molecule has 0 radical (unpaired) electrons. The molecule has 1 atom stereocenters. The van der Waals surface area contributed by atoms with Gasteiger partial charge in [0.1, 0.15) is 0 Å². The van der Waals surface area contributed by atoms with E-state index in [0.717, 1.165) is 11.9 Å². The molecule has 0 saturated heterocycles. The van der Waals surface area contributed by atoms with Gasteiger partial charge < -0.3 is 4.74 Å². The first-order chi connectivity index (χ1) is 6.27. The predicted octanol–water partition coefficient (Wildman–Crippen LogP) is 3.47. The van der Waals surface area contributed by atoms with Crippen molar-refractivity contribution in [3.8, 4) is 0 Å². The van der Waals surface area contributed by atoms with Crippen LogP contribution in [0.1, 0.15) is 24.2 Å². The molecule has 0 bridgehead atoms. The van der Waals surface area contributed by atoms with E-state index in [2.05, 4.69) is 47.1 Å². The molecule has 0 amide bonds. The third-order valence-electron chi connectivity index (χ3n) is 1.96. The normalized spacial score (nSPS) is 12.8. The minimum atomic E-state index is 0.186. The molecule has 0 aliphatic heterocycles. The Morgan fingerprint density at radius 3 is 2.38 bits per heavy atom. The second kappa shape index (κ2) is 5.40. The Morgan fingerprint density at radius 2 is 1.92 bits per heavy atom. The summed E-state index contributed by atoms with van der Waals surface area (Å²) < 4.78 is 5.57. The molecule has 0 N–H and O–H groups in total. The van der Waals surface area contributed by atoms with Crippen molar-refractivity contribution >= 4 is 15.9 Å². The van der Waals surface area contributed by atoms with Crippen LogP contribution in [0.2, 0.25) is 0 Å². The van der Waals surface area contributed by atoms with Crippen molar-refractivity contribution < 1.29 is 4.74 Å². The van der Waals surface area contributed by atoms with Gasteiger partial charge in [0.25, 0.3) is 0 Å². The fourth-order valence-electron chi connectivity index (χ4n) is 1.21. The Hall–Kier alpha value is -0.340. The first-order valence-electron chi connectivity index (χ1n) is 4.52. The molecule has 0 fully saturated rings. The van der Waals surface area contributed by atoms with Gasteiger partial charge in [-0.3, -0.25) is 0 Å². The van der Waals surface area contributed by atoms with E-state index in [4.69, 9.17) is 4.74 Å². The highest BCUT2D eigenvalue weighted by molar-refractivity contribution is 9.09. The van der Waals surface area contributed by atoms with Crippen molar-refractivity contribution in [3.63, 3.8) is 0 Å². The zero-order valence-corrected chi connectivity index (χ0v) is 9.67. The molecule has 0 saturated carbocycles. The van der Waals surface area contributed by atoms with Crippen LogP contribution in [-0.2, 0) is 4.74 Å². The fraction of sp³-hybridized carbons (Fsp3) is 0.455. The van der Waals surface area contributed by atoms with Gasteiger partial charge in [0, 0.05) is 11.9 Å². The van der Waals surface area contributed by atoms with Crippen molar-refractivity contribution in [3.05, 3.63) is 35.4 Å². The first kappa shape index (κ1) is 10.7. The van der Waals surface area contributed by atoms with Crippen LogP contribution in [0.25, 0.3) is 0 Å². The summed E-state index contributed by atoms with van der Waals surface area (Å²) in [5.41, 5.74) is 2.53. The molecule has 0 aliphatic rings. The smallest absolute Gasteiger partial charge is 0.0921 e. The highest BCUT2D eigenvalue weighted by atomic mass is 79.9. The van der Waals surface area contributed by atoms with Crippen molar-refractivity contribution in [2.75, 3.05) is 11.9 Å². The van der Waals surface area contributed by atoms with Gasteiger partial charge in [-0.1, -0.05) is 45.8 Å². The monoisotopic (exact) mass is 242 g/mol. The number of halogens is 1. The molecule has 1 aromatic rings. The number of aryl methyl sites for hydroxylation is 1. The minimum absolute atomic E-state index is 0.186. The Morgan fingerprint density at radius 1 is 1.31 bits per heavy atom. The summed E-state index contributed by atoms with van der Waals surface area (Å²) in [6.45, 7) is 4.86. The molecular formula is C11H15BrO. The molecule has 1 rings (SSSR count). The molecule has 0 aromatic heterocycles. The van der Waals surface area contributed by atoms with Crippen LogP contribution >= 0.6 is 15.9 Å². The molecule has 0 spiro atoms. The summed E-state index contributed by atoms with van der Waals surface area (Å²) in [5.74, 6) is 0. The maximum atomic E-state index is 5.57. The van der Waals surface area contributed by atoms with E-state index >= 15 is 0 Å². The average Bonchev–Trinajstić information content (AvgIpc) is 2.16. The summed E-state index contributed by atoms with van der Waals surface area (Å²) in [6.07, 6.45) is 0.186. The second-order valence-electron chi connectivity index (χ2n) is 3.01. The summed E-state index contributed by atoms with van der Waals surface area (Å²) >= 11 is 3.45. The maximum absolute atomic E-state index is 5.57. The Bertz CT molecular complexity index is 243. The van der Waals surface area contributed by atoms with Crippen molar-refractivity contribution in [1.29, 1.82) is 0 Å². The molecule has 72 valence electrons. The Kier molecular flexibility index (Phi) is 4.46. The zero-order chi connectivity index (χ0) is 9.68. The van der Waals surface area contributed by atoms with Gasteiger partial charge in [0.05, 0.1) is 6.10 Å². The van der Waals surface area contributed by atoms with Crippen LogP contribution in [0.15, 0.2) is 24.3 Å². The van der Waals surface area contributed by atoms with E-state index in [0.29, 0.717) is 0 Å². The Balaban J connectivity index is 2.73. The largest absolute Gasteiger partial charge is 0.373 e. The summed E-state index contributed by atoms with van der Waals surface area (Å²) in [4.78, 5) is 0. The Labute approximate surface area is 88.2 Å². The van der Waals surface area contributed by atoms with Gasteiger partial charge in [-0.15, -0.1) is 0 Å².